The molecule has 5 heteroatoms. The Morgan fingerprint density at radius 1 is 0.808 bits per heavy atom. The minimum Gasteiger partial charge on any atom is -0.378 e. The molecule has 0 aliphatic carbocycles. The summed E-state index contributed by atoms with van der Waals surface area (Å²) in [6.07, 6.45) is 0. The van der Waals surface area contributed by atoms with Gasteiger partial charge in [-0.3, -0.25) is 9.59 Å². The van der Waals surface area contributed by atoms with Gasteiger partial charge in [-0.25, -0.2) is 0 Å². The Morgan fingerprint density at radius 2 is 1.35 bits per heavy atom. The van der Waals surface area contributed by atoms with Crippen LogP contribution in [0.5, 0.6) is 0 Å². The molecule has 1 aliphatic heterocycles. The number of carbonyl (C=O) groups excluding carboxylic acids is 2. The Labute approximate surface area is 154 Å². The molecule has 0 bridgehead atoms. The number of hydrogen-bond donors (Lipinski definition) is 0. The van der Waals surface area contributed by atoms with E-state index < -0.39 is 0 Å². The molecule has 1 fully saturated rings. The summed E-state index contributed by atoms with van der Waals surface area (Å²) >= 11 is 0. The van der Waals surface area contributed by atoms with Crippen LogP contribution in [0.15, 0.2) is 48.5 Å². The van der Waals surface area contributed by atoms with Crippen LogP contribution < -0.4 is 4.90 Å². The number of amides is 2. The summed E-state index contributed by atoms with van der Waals surface area (Å²) in [5.74, 6) is 0.0640. The first-order valence-electron chi connectivity index (χ1n) is 8.88. The molecule has 0 saturated carbocycles. The number of aryl methyl sites for hydroxylation is 1. The van der Waals surface area contributed by atoms with Gasteiger partial charge in [0.15, 0.2) is 0 Å². The van der Waals surface area contributed by atoms with Crippen molar-refractivity contribution in [2.75, 3.05) is 45.2 Å². The van der Waals surface area contributed by atoms with Gasteiger partial charge >= 0.3 is 0 Å². The van der Waals surface area contributed by atoms with Crippen LogP contribution in [0, 0.1) is 6.92 Å². The van der Waals surface area contributed by atoms with E-state index >= 15 is 0 Å². The smallest absolute Gasteiger partial charge is 0.253 e. The molecular formula is C21H25N3O2. The summed E-state index contributed by atoms with van der Waals surface area (Å²) in [5.41, 5.74) is 3.54. The Balaban J connectivity index is 1.61. The average molecular weight is 351 g/mol. The first kappa shape index (κ1) is 18.0. The normalized spacial score (nSPS) is 14.3. The molecule has 0 aromatic heterocycles. The maximum atomic E-state index is 12.7. The number of nitrogens with zero attached hydrogens (tertiary/aromatic N) is 3. The average Bonchev–Trinajstić information content (AvgIpc) is 2.67. The van der Waals surface area contributed by atoms with E-state index in [1.807, 2.05) is 84.2 Å². The lowest BCUT2D eigenvalue weighted by Crippen LogP contribution is -2.50. The molecule has 2 aromatic rings. The van der Waals surface area contributed by atoms with Crippen LogP contribution >= 0.6 is 0 Å². The number of benzene rings is 2. The molecule has 0 N–H and O–H groups in total. The van der Waals surface area contributed by atoms with E-state index in [0.29, 0.717) is 37.3 Å². The summed E-state index contributed by atoms with van der Waals surface area (Å²) in [5, 5.41) is 0. The Kier molecular flexibility index (Phi) is 5.26. The van der Waals surface area contributed by atoms with Crippen molar-refractivity contribution in [1.82, 2.24) is 9.80 Å². The van der Waals surface area contributed by atoms with Crippen molar-refractivity contribution in [2.24, 2.45) is 0 Å². The largest absolute Gasteiger partial charge is 0.378 e. The van der Waals surface area contributed by atoms with Gasteiger partial charge in [-0.05, 0) is 43.3 Å². The zero-order valence-corrected chi connectivity index (χ0v) is 15.6. The number of anilines is 1. The maximum Gasteiger partial charge on any atom is 0.253 e. The lowest BCUT2D eigenvalue weighted by molar-refractivity contribution is 0.0535. The van der Waals surface area contributed by atoms with Crippen LogP contribution in [-0.2, 0) is 0 Å². The SMILES string of the molecule is Cc1cccc(C(=O)N2CCN(C(=O)c3ccc(N(C)C)cc3)CC2)c1. The fraction of sp³-hybridized carbons (Fsp3) is 0.333. The van der Waals surface area contributed by atoms with Crippen molar-refractivity contribution in [3.8, 4) is 0 Å². The molecule has 1 saturated heterocycles. The Morgan fingerprint density at radius 3 is 1.85 bits per heavy atom. The van der Waals surface area contributed by atoms with E-state index in [1.165, 1.54) is 0 Å². The maximum absolute atomic E-state index is 12.7. The summed E-state index contributed by atoms with van der Waals surface area (Å²) in [6, 6.07) is 15.3. The van der Waals surface area contributed by atoms with Crippen molar-refractivity contribution in [2.45, 2.75) is 6.92 Å². The number of hydrogen-bond acceptors (Lipinski definition) is 3. The minimum atomic E-state index is 0.0259. The summed E-state index contributed by atoms with van der Waals surface area (Å²) in [4.78, 5) is 31.0. The fourth-order valence-corrected chi connectivity index (χ4v) is 3.16. The number of rotatable bonds is 3. The molecule has 0 atom stereocenters. The van der Waals surface area contributed by atoms with Crippen LogP contribution in [0.2, 0.25) is 0 Å². The number of piperazine rings is 1. The molecular weight excluding hydrogens is 326 g/mol. The van der Waals surface area contributed by atoms with Crippen molar-refractivity contribution in [1.29, 1.82) is 0 Å². The minimum absolute atomic E-state index is 0.0259. The van der Waals surface area contributed by atoms with Gasteiger partial charge in [0, 0.05) is 57.1 Å². The molecule has 136 valence electrons. The molecule has 5 nitrogen and oxygen atoms in total. The zero-order valence-electron chi connectivity index (χ0n) is 15.6. The molecule has 1 heterocycles. The zero-order chi connectivity index (χ0) is 18.7. The van der Waals surface area contributed by atoms with Gasteiger partial charge in [-0.15, -0.1) is 0 Å². The summed E-state index contributed by atoms with van der Waals surface area (Å²) in [7, 11) is 3.95. The topological polar surface area (TPSA) is 43.9 Å². The van der Waals surface area contributed by atoms with E-state index in [2.05, 4.69) is 0 Å². The summed E-state index contributed by atoms with van der Waals surface area (Å²) < 4.78 is 0. The lowest BCUT2D eigenvalue weighted by atomic mass is 10.1. The van der Waals surface area contributed by atoms with Crippen LogP contribution in [0.4, 0.5) is 5.69 Å². The highest BCUT2D eigenvalue weighted by Crippen LogP contribution is 2.16. The molecule has 0 spiro atoms. The second kappa shape index (κ2) is 7.60. The monoisotopic (exact) mass is 351 g/mol. The van der Waals surface area contributed by atoms with E-state index in [9.17, 15) is 9.59 Å². The molecule has 1 aliphatic rings. The van der Waals surface area contributed by atoms with Gasteiger partial charge in [-0.2, -0.15) is 0 Å². The highest BCUT2D eigenvalue weighted by Gasteiger charge is 2.25. The van der Waals surface area contributed by atoms with Gasteiger partial charge < -0.3 is 14.7 Å². The number of carbonyl (C=O) groups is 2. The van der Waals surface area contributed by atoms with Crippen LogP contribution in [0.1, 0.15) is 26.3 Å². The van der Waals surface area contributed by atoms with Gasteiger partial charge in [0.25, 0.3) is 11.8 Å². The standard InChI is InChI=1S/C21H25N3O2/c1-16-5-4-6-18(15-16)21(26)24-13-11-23(12-14-24)20(25)17-7-9-19(10-8-17)22(2)3/h4-10,15H,11-14H2,1-3H3. The highest BCUT2D eigenvalue weighted by atomic mass is 16.2. The van der Waals surface area contributed by atoms with Crippen LogP contribution in [-0.4, -0.2) is 61.9 Å². The molecule has 0 radical (unpaired) electrons. The third kappa shape index (κ3) is 3.87. The molecule has 2 aromatic carbocycles. The third-order valence-corrected chi connectivity index (χ3v) is 4.75. The van der Waals surface area contributed by atoms with Gasteiger partial charge in [0.1, 0.15) is 0 Å². The predicted octanol–water partition coefficient (Wildman–Crippen LogP) is 2.66. The Bertz CT molecular complexity index is 791. The van der Waals surface area contributed by atoms with E-state index in [1.54, 1.807) is 0 Å². The molecule has 26 heavy (non-hydrogen) atoms. The van der Waals surface area contributed by atoms with Gasteiger partial charge in [-0.1, -0.05) is 17.7 Å². The summed E-state index contributed by atoms with van der Waals surface area (Å²) in [6.45, 7) is 4.23. The van der Waals surface area contributed by atoms with Crippen molar-refractivity contribution >= 4 is 17.5 Å². The van der Waals surface area contributed by atoms with E-state index in [4.69, 9.17) is 0 Å². The fourth-order valence-electron chi connectivity index (χ4n) is 3.16. The molecule has 3 rings (SSSR count). The van der Waals surface area contributed by atoms with E-state index in [0.717, 1.165) is 11.3 Å². The predicted molar refractivity (Wildman–Crippen MR) is 104 cm³/mol. The molecule has 0 unspecified atom stereocenters. The van der Waals surface area contributed by atoms with E-state index in [-0.39, 0.29) is 11.8 Å². The third-order valence-electron chi connectivity index (χ3n) is 4.75. The van der Waals surface area contributed by atoms with Crippen molar-refractivity contribution < 1.29 is 9.59 Å². The molecule has 2 amide bonds. The Hall–Kier alpha value is -2.82. The second-order valence-corrected chi connectivity index (χ2v) is 6.90. The van der Waals surface area contributed by atoms with Crippen molar-refractivity contribution in [3.63, 3.8) is 0 Å². The highest BCUT2D eigenvalue weighted by molar-refractivity contribution is 5.96. The van der Waals surface area contributed by atoms with Crippen LogP contribution in [0.3, 0.4) is 0 Å². The lowest BCUT2D eigenvalue weighted by Gasteiger charge is -2.35. The van der Waals surface area contributed by atoms with Crippen LogP contribution in [0.25, 0.3) is 0 Å². The second-order valence-electron chi connectivity index (χ2n) is 6.90. The first-order chi connectivity index (χ1) is 12.5. The first-order valence-corrected chi connectivity index (χ1v) is 8.88. The van der Waals surface area contributed by atoms with Crippen molar-refractivity contribution in [3.05, 3.63) is 65.2 Å². The van der Waals surface area contributed by atoms with Gasteiger partial charge in [0.2, 0.25) is 0 Å². The quantitative estimate of drug-likeness (QED) is 0.854. The van der Waals surface area contributed by atoms with Gasteiger partial charge in [0.05, 0.1) is 0 Å².